The standard InChI is InChI=1S/C20H21N3O5S2/c1-13-11-30-20(26)22(13)9-8-18(25)28-10-15-12-29-19(21-15)23(14(2)24)16-6-4-5-7-17(16)27-3/h4-7,11-12H,8-10H2,1-3H3. The van der Waals surface area contributed by atoms with E-state index in [2.05, 4.69) is 4.98 Å². The van der Waals surface area contributed by atoms with Crippen LogP contribution in [0.5, 0.6) is 5.75 Å². The summed E-state index contributed by atoms with van der Waals surface area (Å²) in [7, 11) is 1.54. The highest BCUT2D eigenvalue weighted by Crippen LogP contribution is 2.35. The van der Waals surface area contributed by atoms with Crippen LogP contribution in [-0.4, -0.2) is 28.5 Å². The molecule has 8 nitrogen and oxygen atoms in total. The molecule has 2 heterocycles. The van der Waals surface area contributed by atoms with E-state index in [1.54, 1.807) is 27.5 Å². The molecule has 0 spiro atoms. The molecule has 0 fully saturated rings. The summed E-state index contributed by atoms with van der Waals surface area (Å²) in [6, 6.07) is 7.17. The minimum Gasteiger partial charge on any atom is -0.495 e. The number of para-hydroxylation sites is 2. The van der Waals surface area contributed by atoms with Crippen LogP contribution in [0.25, 0.3) is 0 Å². The maximum absolute atomic E-state index is 12.3. The molecule has 3 rings (SSSR count). The summed E-state index contributed by atoms with van der Waals surface area (Å²) >= 11 is 2.38. The van der Waals surface area contributed by atoms with Crippen LogP contribution < -0.4 is 14.5 Å². The molecular formula is C20H21N3O5S2. The first-order valence-electron chi connectivity index (χ1n) is 9.09. The Morgan fingerprint density at radius 2 is 1.97 bits per heavy atom. The number of aromatic nitrogens is 2. The third-order valence-corrected chi connectivity index (χ3v) is 6.02. The second-order valence-electron chi connectivity index (χ2n) is 6.35. The highest BCUT2D eigenvalue weighted by Gasteiger charge is 2.21. The number of methoxy groups -OCH3 is 1. The summed E-state index contributed by atoms with van der Waals surface area (Å²) in [5, 5.41) is 3.95. The predicted molar refractivity (Wildman–Crippen MR) is 116 cm³/mol. The fraction of sp³-hybridized carbons (Fsp3) is 0.300. The van der Waals surface area contributed by atoms with E-state index >= 15 is 0 Å². The van der Waals surface area contributed by atoms with E-state index in [1.165, 1.54) is 30.3 Å². The summed E-state index contributed by atoms with van der Waals surface area (Å²) in [4.78, 5) is 41.8. The largest absolute Gasteiger partial charge is 0.495 e. The number of hydrogen-bond donors (Lipinski definition) is 0. The Balaban J connectivity index is 1.64. The molecule has 0 unspecified atom stereocenters. The second-order valence-corrected chi connectivity index (χ2v) is 8.01. The normalized spacial score (nSPS) is 10.6. The predicted octanol–water partition coefficient (Wildman–Crippen LogP) is 3.50. The molecule has 0 atom stereocenters. The second kappa shape index (κ2) is 9.68. The minimum atomic E-state index is -0.421. The van der Waals surface area contributed by atoms with Gasteiger partial charge in [-0.1, -0.05) is 23.5 Å². The van der Waals surface area contributed by atoms with Gasteiger partial charge in [0.1, 0.15) is 12.4 Å². The average molecular weight is 448 g/mol. The van der Waals surface area contributed by atoms with Crippen molar-refractivity contribution in [2.75, 3.05) is 12.0 Å². The molecule has 0 aliphatic rings. The number of nitrogens with zero attached hydrogens (tertiary/aromatic N) is 3. The Hall–Kier alpha value is -2.98. The van der Waals surface area contributed by atoms with Gasteiger partial charge in [0.15, 0.2) is 5.13 Å². The fourth-order valence-electron chi connectivity index (χ4n) is 2.79. The molecule has 10 heteroatoms. The molecule has 3 aromatic rings. The number of amides is 1. The molecule has 0 radical (unpaired) electrons. The molecule has 0 saturated carbocycles. The molecule has 1 aromatic carbocycles. The van der Waals surface area contributed by atoms with Gasteiger partial charge in [-0.3, -0.25) is 19.3 Å². The molecule has 0 N–H and O–H groups in total. The summed E-state index contributed by atoms with van der Waals surface area (Å²) in [5.41, 5.74) is 1.94. The van der Waals surface area contributed by atoms with Gasteiger partial charge < -0.3 is 14.0 Å². The van der Waals surface area contributed by atoms with Crippen LogP contribution in [0.4, 0.5) is 10.8 Å². The average Bonchev–Trinajstić information content (AvgIpc) is 3.31. The van der Waals surface area contributed by atoms with Gasteiger partial charge in [0, 0.05) is 29.9 Å². The van der Waals surface area contributed by atoms with E-state index in [0.717, 1.165) is 17.0 Å². The zero-order valence-corrected chi connectivity index (χ0v) is 18.4. The Labute approximate surface area is 181 Å². The summed E-state index contributed by atoms with van der Waals surface area (Å²) in [6.45, 7) is 3.54. The van der Waals surface area contributed by atoms with Crippen molar-refractivity contribution < 1.29 is 19.1 Å². The molecule has 0 aliphatic heterocycles. The highest BCUT2D eigenvalue weighted by molar-refractivity contribution is 7.14. The summed E-state index contributed by atoms with van der Waals surface area (Å²) in [5.74, 6) is -0.0842. The van der Waals surface area contributed by atoms with Gasteiger partial charge in [0.05, 0.1) is 24.9 Å². The third kappa shape index (κ3) is 4.95. The first-order chi connectivity index (χ1) is 14.4. The Bertz CT molecular complexity index is 1100. The maximum Gasteiger partial charge on any atom is 0.307 e. The lowest BCUT2D eigenvalue weighted by atomic mass is 10.2. The van der Waals surface area contributed by atoms with Crippen molar-refractivity contribution in [2.24, 2.45) is 0 Å². The monoisotopic (exact) mass is 447 g/mol. The number of anilines is 2. The lowest BCUT2D eigenvalue weighted by Crippen LogP contribution is -2.23. The molecule has 30 heavy (non-hydrogen) atoms. The number of aryl methyl sites for hydroxylation is 1. The molecule has 1 amide bonds. The number of esters is 1. The number of carbonyl (C=O) groups excluding carboxylic acids is 2. The van der Waals surface area contributed by atoms with Crippen LogP contribution in [0.15, 0.2) is 39.8 Å². The zero-order valence-electron chi connectivity index (χ0n) is 16.8. The van der Waals surface area contributed by atoms with Crippen LogP contribution in [0.2, 0.25) is 0 Å². The Kier molecular flexibility index (Phi) is 7.01. The van der Waals surface area contributed by atoms with Crippen LogP contribution >= 0.6 is 22.7 Å². The molecule has 158 valence electrons. The van der Waals surface area contributed by atoms with Crippen molar-refractivity contribution in [1.29, 1.82) is 0 Å². The highest BCUT2D eigenvalue weighted by atomic mass is 32.1. The third-order valence-electron chi connectivity index (χ3n) is 4.27. The zero-order chi connectivity index (χ0) is 21.7. The van der Waals surface area contributed by atoms with E-state index in [1.807, 2.05) is 19.1 Å². The molecule has 0 saturated heterocycles. The van der Waals surface area contributed by atoms with E-state index in [9.17, 15) is 14.4 Å². The van der Waals surface area contributed by atoms with Gasteiger partial charge in [-0.05, 0) is 19.1 Å². The molecule has 0 aliphatic carbocycles. The number of thiazole rings is 2. The van der Waals surface area contributed by atoms with Crippen molar-refractivity contribution >= 4 is 45.4 Å². The van der Waals surface area contributed by atoms with Crippen LogP contribution in [0, 0.1) is 6.92 Å². The van der Waals surface area contributed by atoms with Crippen molar-refractivity contribution in [3.8, 4) is 5.75 Å². The van der Waals surface area contributed by atoms with Crippen LogP contribution in [-0.2, 0) is 27.5 Å². The lowest BCUT2D eigenvalue weighted by Gasteiger charge is -2.20. The van der Waals surface area contributed by atoms with E-state index < -0.39 is 5.97 Å². The first-order valence-corrected chi connectivity index (χ1v) is 10.8. The van der Waals surface area contributed by atoms with Crippen LogP contribution in [0.1, 0.15) is 24.7 Å². The number of benzene rings is 1. The number of hydrogen-bond acceptors (Lipinski definition) is 8. The van der Waals surface area contributed by atoms with Gasteiger partial charge in [-0.25, -0.2) is 4.98 Å². The first kappa shape index (κ1) is 21.7. The maximum atomic E-state index is 12.3. The van der Waals surface area contributed by atoms with E-state index in [-0.39, 0.29) is 30.4 Å². The van der Waals surface area contributed by atoms with E-state index in [4.69, 9.17) is 9.47 Å². The van der Waals surface area contributed by atoms with Gasteiger partial charge in [-0.15, -0.1) is 11.3 Å². The van der Waals surface area contributed by atoms with Gasteiger partial charge in [-0.2, -0.15) is 0 Å². The molecule has 0 bridgehead atoms. The fourth-order valence-corrected chi connectivity index (χ4v) is 4.42. The smallest absolute Gasteiger partial charge is 0.307 e. The Morgan fingerprint density at radius 3 is 2.63 bits per heavy atom. The molecular weight excluding hydrogens is 426 g/mol. The van der Waals surface area contributed by atoms with E-state index in [0.29, 0.717) is 22.3 Å². The summed E-state index contributed by atoms with van der Waals surface area (Å²) < 4.78 is 12.2. The van der Waals surface area contributed by atoms with Gasteiger partial charge in [0.2, 0.25) is 5.91 Å². The van der Waals surface area contributed by atoms with Crippen molar-refractivity contribution in [3.63, 3.8) is 0 Å². The minimum absolute atomic E-state index is 0.00940. The lowest BCUT2D eigenvalue weighted by molar-refractivity contribution is -0.145. The number of carbonyl (C=O) groups is 2. The van der Waals surface area contributed by atoms with Gasteiger partial charge in [0.25, 0.3) is 0 Å². The van der Waals surface area contributed by atoms with Crippen LogP contribution in [0.3, 0.4) is 0 Å². The van der Waals surface area contributed by atoms with Gasteiger partial charge >= 0.3 is 10.8 Å². The SMILES string of the molecule is COc1ccccc1N(C(C)=O)c1nc(COC(=O)CCn2c(C)csc2=O)cs1. The van der Waals surface area contributed by atoms with Crippen molar-refractivity contribution in [2.45, 2.75) is 33.4 Å². The topological polar surface area (TPSA) is 90.7 Å². The number of ether oxygens (including phenoxy) is 2. The summed E-state index contributed by atoms with van der Waals surface area (Å²) in [6.07, 6.45) is 0.0925. The van der Waals surface area contributed by atoms with Crippen molar-refractivity contribution in [1.82, 2.24) is 9.55 Å². The quantitative estimate of drug-likeness (QED) is 0.491. The Morgan fingerprint density at radius 1 is 1.20 bits per heavy atom. The van der Waals surface area contributed by atoms with Crippen molar-refractivity contribution in [3.05, 3.63) is 56.1 Å². The number of rotatable bonds is 8. The molecule has 2 aromatic heterocycles.